The van der Waals surface area contributed by atoms with E-state index in [9.17, 15) is 0 Å². The lowest BCUT2D eigenvalue weighted by Crippen LogP contribution is -2.53. The molecule has 0 spiro atoms. The van der Waals surface area contributed by atoms with Crippen molar-refractivity contribution >= 4 is 22.5 Å². The van der Waals surface area contributed by atoms with Gasteiger partial charge < -0.3 is 15.8 Å². The van der Waals surface area contributed by atoms with Crippen molar-refractivity contribution in [1.29, 1.82) is 0 Å². The maximum atomic E-state index is 8.73. The van der Waals surface area contributed by atoms with Crippen molar-refractivity contribution in [2.45, 2.75) is 32.7 Å². The van der Waals surface area contributed by atoms with Gasteiger partial charge in [-0.3, -0.25) is 4.90 Å². The Kier molecular flexibility index (Phi) is 4.77. The molecule has 1 fully saturated rings. The lowest BCUT2D eigenvalue weighted by Gasteiger charge is -2.37. The van der Waals surface area contributed by atoms with Crippen LogP contribution in [0.3, 0.4) is 0 Å². The van der Waals surface area contributed by atoms with Crippen LogP contribution in [-0.2, 0) is 0 Å². The van der Waals surface area contributed by atoms with Crippen molar-refractivity contribution < 1.29 is 5.21 Å². The fourth-order valence-electron chi connectivity index (χ4n) is 2.16. The zero-order valence-electron chi connectivity index (χ0n) is 12.2. The highest BCUT2D eigenvalue weighted by Crippen LogP contribution is 2.22. The van der Waals surface area contributed by atoms with Crippen LogP contribution >= 0.6 is 11.5 Å². The Bertz CT molecular complexity index is 466. The van der Waals surface area contributed by atoms with Gasteiger partial charge in [-0.15, -0.1) is 0 Å². The van der Waals surface area contributed by atoms with E-state index in [0.29, 0.717) is 5.92 Å². The maximum Gasteiger partial charge on any atom is 0.205 e. The summed E-state index contributed by atoms with van der Waals surface area (Å²) in [5.41, 5.74) is 5.65. The van der Waals surface area contributed by atoms with Gasteiger partial charge in [0.15, 0.2) is 5.84 Å². The molecule has 0 saturated carbocycles. The number of hydrogen-bond donors (Lipinski definition) is 2. The molecule has 0 amide bonds. The molecule has 20 heavy (non-hydrogen) atoms. The first-order valence-electron chi connectivity index (χ1n) is 6.83. The van der Waals surface area contributed by atoms with Crippen LogP contribution in [0.5, 0.6) is 0 Å². The first-order valence-corrected chi connectivity index (χ1v) is 7.60. The summed E-state index contributed by atoms with van der Waals surface area (Å²) < 4.78 is 4.39. The Labute approximate surface area is 123 Å². The molecule has 1 unspecified atom stereocenters. The molecule has 7 nitrogen and oxygen atoms in total. The van der Waals surface area contributed by atoms with E-state index in [2.05, 4.69) is 38.2 Å². The number of rotatable bonds is 4. The second-order valence-electron chi connectivity index (χ2n) is 5.31. The third-order valence-corrected chi connectivity index (χ3v) is 4.41. The third-order valence-electron chi connectivity index (χ3n) is 3.62. The highest BCUT2D eigenvalue weighted by atomic mass is 32.1. The number of oxime groups is 1. The van der Waals surface area contributed by atoms with Gasteiger partial charge in [-0.1, -0.05) is 19.0 Å². The third kappa shape index (κ3) is 3.18. The minimum absolute atomic E-state index is 0.0391. The monoisotopic (exact) mass is 298 g/mol. The van der Waals surface area contributed by atoms with E-state index in [1.807, 2.05) is 6.92 Å². The van der Waals surface area contributed by atoms with Crippen molar-refractivity contribution in [1.82, 2.24) is 14.3 Å². The van der Waals surface area contributed by atoms with Crippen LogP contribution in [0.2, 0.25) is 0 Å². The van der Waals surface area contributed by atoms with Crippen molar-refractivity contribution in [3.05, 3.63) is 5.82 Å². The molecule has 1 aliphatic rings. The predicted octanol–water partition coefficient (Wildman–Crippen LogP) is 0.918. The number of piperazine rings is 1. The van der Waals surface area contributed by atoms with Gasteiger partial charge in [0, 0.05) is 43.6 Å². The van der Waals surface area contributed by atoms with Crippen molar-refractivity contribution in [3.63, 3.8) is 0 Å². The first-order chi connectivity index (χ1) is 9.52. The van der Waals surface area contributed by atoms with Crippen LogP contribution in [0, 0.1) is 0 Å². The van der Waals surface area contributed by atoms with Crippen LogP contribution in [0.15, 0.2) is 5.16 Å². The molecule has 2 rings (SSSR count). The SMILES string of the molecule is CC(C)c1nsc(N2CCN(C(C)C(N)=NO)CC2)n1. The zero-order chi connectivity index (χ0) is 14.7. The fraction of sp³-hybridized carbons (Fsp3) is 0.750. The van der Waals surface area contributed by atoms with Crippen LogP contribution in [0.25, 0.3) is 0 Å². The molecular formula is C12H22N6OS. The van der Waals surface area contributed by atoms with Gasteiger partial charge >= 0.3 is 0 Å². The van der Waals surface area contributed by atoms with E-state index in [1.165, 1.54) is 11.5 Å². The molecule has 1 aromatic heterocycles. The lowest BCUT2D eigenvalue weighted by molar-refractivity contribution is 0.230. The number of aromatic nitrogens is 2. The number of amidine groups is 1. The summed E-state index contributed by atoms with van der Waals surface area (Å²) in [6.07, 6.45) is 0. The molecule has 112 valence electrons. The molecule has 0 bridgehead atoms. The molecule has 1 saturated heterocycles. The van der Waals surface area contributed by atoms with Gasteiger partial charge in [-0.05, 0) is 6.92 Å². The average Bonchev–Trinajstić information content (AvgIpc) is 2.96. The van der Waals surface area contributed by atoms with Gasteiger partial charge in [0.2, 0.25) is 5.13 Å². The fourth-order valence-corrected chi connectivity index (χ4v) is 3.02. The van der Waals surface area contributed by atoms with Crippen molar-refractivity contribution in [2.75, 3.05) is 31.1 Å². The normalized spacial score (nSPS) is 19.6. The molecule has 3 N–H and O–H groups in total. The Morgan fingerprint density at radius 1 is 1.30 bits per heavy atom. The van der Waals surface area contributed by atoms with E-state index in [-0.39, 0.29) is 11.9 Å². The highest BCUT2D eigenvalue weighted by Gasteiger charge is 2.25. The predicted molar refractivity (Wildman–Crippen MR) is 80.7 cm³/mol. The smallest absolute Gasteiger partial charge is 0.205 e. The van der Waals surface area contributed by atoms with E-state index in [1.54, 1.807) is 0 Å². The largest absolute Gasteiger partial charge is 0.409 e. The first kappa shape index (κ1) is 15.0. The Hall–Kier alpha value is -1.41. The number of nitrogens with two attached hydrogens (primary N) is 1. The molecular weight excluding hydrogens is 276 g/mol. The molecule has 1 aromatic rings. The Balaban J connectivity index is 1.93. The Morgan fingerprint density at radius 2 is 1.95 bits per heavy atom. The average molecular weight is 298 g/mol. The molecule has 1 aliphatic heterocycles. The summed E-state index contributed by atoms with van der Waals surface area (Å²) in [7, 11) is 0. The van der Waals surface area contributed by atoms with Gasteiger partial charge in [-0.25, -0.2) is 4.98 Å². The van der Waals surface area contributed by atoms with E-state index in [0.717, 1.165) is 37.1 Å². The second-order valence-corrected chi connectivity index (χ2v) is 6.04. The van der Waals surface area contributed by atoms with Crippen LogP contribution in [0.4, 0.5) is 5.13 Å². The summed E-state index contributed by atoms with van der Waals surface area (Å²) in [5, 5.41) is 12.8. The summed E-state index contributed by atoms with van der Waals surface area (Å²) in [6.45, 7) is 9.66. The number of hydrogen-bond acceptors (Lipinski definition) is 7. The van der Waals surface area contributed by atoms with Crippen molar-refractivity contribution in [3.8, 4) is 0 Å². The Morgan fingerprint density at radius 3 is 2.45 bits per heavy atom. The van der Waals surface area contributed by atoms with E-state index >= 15 is 0 Å². The van der Waals surface area contributed by atoms with Gasteiger partial charge in [0.25, 0.3) is 0 Å². The number of anilines is 1. The summed E-state index contributed by atoms with van der Waals surface area (Å²) in [5.74, 6) is 1.54. The van der Waals surface area contributed by atoms with Crippen LogP contribution < -0.4 is 10.6 Å². The summed E-state index contributed by atoms with van der Waals surface area (Å²) in [6, 6.07) is -0.0391. The van der Waals surface area contributed by atoms with Crippen LogP contribution in [-0.4, -0.2) is 57.5 Å². The summed E-state index contributed by atoms with van der Waals surface area (Å²) in [4.78, 5) is 9.03. The highest BCUT2D eigenvalue weighted by molar-refractivity contribution is 7.09. The zero-order valence-corrected chi connectivity index (χ0v) is 13.0. The van der Waals surface area contributed by atoms with E-state index in [4.69, 9.17) is 10.9 Å². The van der Waals surface area contributed by atoms with Crippen molar-refractivity contribution in [2.24, 2.45) is 10.9 Å². The second kappa shape index (κ2) is 6.36. The topological polar surface area (TPSA) is 90.9 Å². The van der Waals surface area contributed by atoms with Gasteiger partial charge in [0.05, 0.1) is 6.04 Å². The molecule has 0 aromatic carbocycles. The molecule has 1 atom stereocenters. The quantitative estimate of drug-likeness (QED) is 0.372. The molecule has 0 aliphatic carbocycles. The summed E-state index contributed by atoms with van der Waals surface area (Å²) >= 11 is 1.46. The lowest BCUT2D eigenvalue weighted by atomic mass is 10.2. The van der Waals surface area contributed by atoms with Gasteiger partial charge in [-0.2, -0.15) is 4.37 Å². The number of nitrogens with zero attached hydrogens (tertiary/aromatic N) is 5. The molecule has 0 radical (unpaired) electrons. The minimum atomic E-state index is -0.0391. The van der Waals surface area contributed by atoms with E-state index < -0.39 is 0 Å². The maximum absolute atomic E-state index is 8.73. The molecule has 8 heteroatoms. The minimum Gasteiger partial charge on any atom is -0.409 e. The van der Waals surface area contributed by atoms with Gasteiger partial charge in [0.1, 0.15) is 5.82 Å². The molecule has 2 heterocycles. The standard InChI is InChI=1S/C12H22N6OS/c1-8(2)11-14-12(20-16-11)18-6-4-17(5-7-18)9(3)10(13)15-19/h8-9,19H,4-7H2,1-3H3,(H2,13,15). The van der Waals surface area contributed by atoms with Crippen LogP contribution in [0.1, 0.15) is 32.5 Å².